The third-order valence-electron chi connectivity index (χ3n) is 4.14. The van der Waals surface area contributed by atoms with E-state index in [9.17, 15) is 0 Å². The zero-order chi connectivity index (χ0) is 15.5. The van der Waals surface area contributed by atoms with E-state index in [1.54, 1.807) is 7.11 Å². The summed E-state index contributed by atoms with van der Waals surface area (Å²) in [7, 11) is 3.71. The van der Waals surface area contributed by atoms with E-state index in [2.05, 4.69) is 19.8 Å². The first-order valence-corrected chi connectivity index (χ1v) is 7.81. The van der Waals surface area contributed by atoms with E-state index < -0.39 is 0 Å². The van der Waals surface area contributed by atoms with Crippen molar-refractivity contribution < 1.29 is 4.74 Å². The largest absolute Gasteiger partial charge is 0.497 e. The average molecular weight is 357 g/mol. The number of aromatic nitrogens is 2. The summed E-state index contributed by atoms with van der Waals surface area (Å²) in [5.41, 5.74) is 1.09. The first kappa shape index (κ1) is 18.1. The molecule has 0 amide bonds. The summed E-state index contributed by atoms with van der Waals surface area (Å²) in [5, 5.41) is 4.23. The van der Waals surface area contributed by atoms with Crippen LogP contribution < -0.4 is 10.1 Å². The van der Waals surface area contributed by atoms with E-state index in [4.69, 9.17) is 16.3 Å². The average Bonchev–Trinajstić information content (AvgIpc) is 2.96. The topological polar surface area (TPSA) is 42.3 Å². The Bertz CT molecular complexity index is 647. The second kappa shape index (κ2) is 8.02. The SMILES string of the molecule is COc1ccc(Cl)c(CN2CCNCC2c2nccn2C)c1.Cl. The van der Waals surface area contributed by atoms with Crippen LogP contribution >= 0.6 is 24.0 Å². The molecule has 0 spiro atoms. The van der Waals surface area contributed by atoms with Crippen molar-refractivity contribution in [2.24, 2.45) is 7.05 Å². The number of piperazine rings is 1. The molecule has 0 radical (unpaired) electrons. The molecule has 1 N–H and O–H groups in total. The maximum absolute atomic E-state index is 6.36. The van der Waals surface area contributed by atoms with Gasteiger partial charge in [-0.2, -0.15) is 0 Å². The van der Waals surface area contributed by atoms with Crippen molar-refractivity contribution in [3.63, 3.8) is 0 Å². The first-order chi connectivity index (χ1) is 10.7. The van der Waals surface area contributed by atoms with Crippen molar-refractivity contribution in [1.29, 1.82) is 0 Å². The number of benzene rings is 1. The second-order valence-corrected chi connectivity index (χ2v) is 5.95. The van der Waals surface area contributed by atoms with Crippen LogP contribution in [-0.4, -0.2) is 41.2 Å². The van der Waals surface area contributed by atoms with Crippen LogP contribution in [0.3, 0.4) is 0 Å². The molecule has 1 aromatic heterocycles. The summed E-state index contributed by atoms with van der Waals surface area (Å²) in [6.07, 6.45) is 3.83. The molecule has 1 fully saturated rings. The molecule has 0 aliphatic carbocycles. The zero-order valence-electron chi connectivity index (χ0n) is 13.3. The highest BCUT2D eigenvalue weighted by Gasteiger charge is 2.27. The molecule has 23 heavy (non-hydrogen) atoms. The highest BCUT2D eigenvalue weighted by atomic mass is 35.5. The highest BCUT2D eigenvalue weighted by molar-refractivity contribution is 6.31. The van der Waals surface area contributed by atoms with Crippen molar-refractivity contribution in [3.05, 3.63) is 47.0 Å². The van der Waals surface area contributed by atoms with Crippen LogP contribution in [-0.2, 0) is 13.6 Å². The van der Waals surface area contributed by atoms with E-state index in [1.165, 1.54) is 0 Å². The van der Waals surface area contributed by atoms with Gasteiger partial charge in [0.25, 0.3) is 0 Å². The summed E-state index contributed by atoms with van der Waals surface area (Å²) in [6.45, 7) is 3.62. The molecule has 1 aromatic carbocycles. The lowest BCUT2D eigenvalue weighted by atomic mass is 10.1. The molecule has 1 unspecified atom stereocenters. The van der Waals surface area contributed by atoms with Gasteiger partial charge >= 0.3 is 0 Å². The molecule has 2 heterocycles. The maximum Gasteiger partial charge on any atom is 0.127 e. The van der Waals surface area contributed by atoms with Crippen LogP contribution in [0.2, 0.25) is 5.02 Å². The second-order valence-electron chi connectivity index (χ2n) is 5.54. The summed E-state index contributed by atoms with van der Waals surface area (Å²) >= 11 is 6.36. The van der Waals surface area contributed by atoms with Crippen molar-refractivity contribution in [2.75, 3.05) is 26.7 Å². The standard InChI is InChI=1S/C16H21ClN4O.ClH/c1-20-7-6-19-16(20)15-10-18-5-8-21(15)11-12-9-13(22-2)3-4-14(12)17;/h3-4,6-7,9,15,18H,5,8,10-11H2,1-2H3;1H. The highest BCUT2D eigenvalue weighted by Crippen LogP contribution is 2.27. The monoisotopic (exact) mass is 356 g/mol. The summed E-state index contributed by atoms with van der Waals surface area (Å²) in [4.78, 5) is 6.93. The quantitative estimate of drug-likeness (QED) is 0.914. The van der Waals surface area contributed by atoms with Gasteiger partial charge in [0.15, 0.2) is 0 Å². The molecule has 0 saturated carbocycles. The summed E-state index contributed by atoms with van der Waals surface area (Å²) in [5.74, 6) is 1.91. The van der Waals surface area contributed by atoms with Crippen molar-refractivity contribution in [1.82, 2.24) is 19.8 Å². The summed E-state index contributed by atoms with van der Waals surface area (Å²) < 4.78 is 7.39. The Hall–Kier alpha value is -1.27. The fourth-order valence-electron chi connectivity index (χ4n) is 2.91. The number of ether oxygens (including phenoxy) is 1. The number of hydrogen-bond acceptors (Lipinski definition) is 4. The van der Waals surface area contributed by atoms with Crippen LogP contribution in [0.5, 0.6) is 5.75 Å². The normalized spacial score (nSPS) is 18.5. The Morgan fingerprint density at radius 3 is 2.96 bits per heavy atom. The molecule has 7 heteroatoms. The Kier molecular flexibility index (Phi) is 6.30. The number of methoxy groups -OCH3 is 1. The summed E-state index contributed by atoms with van der Waals surface area (Å²) in [6, 6.07) is 6.05. The predicted octanol–water partition coefficient (Wildman–Crippen LogP) is 2.65. The minimum atomic E-state index is 0. The third kappa shape index (κ3) is 3.98. The van der Waals surface area contributed by atoms with E-state index in [0.29, 0.717) is 0 Å². The van der Waals surface area contributed by atoms with Crippen LogP contribution in [0, 0.1) is 0 Å². The van der Waals surface area contributed by atoms with E-state index in [1.807, 2.05) is 37.6 Å². The van der Waals surface area contributed by atoms with Gasteiger partial charge in [0.2, 0.25) is 0 Å². The van der Waals surface area contributed by atoms with Gasteiger partial charge in [-0.15, -0.1) is 12.4 Å². The lowest BCUT2D eigenvalue weighted by Crippen LogP contribution is -2.46. The number of aryl methyl sites for hydroxylation is 1. The Morgan fingerprint density at radius 2 is 2.26 bits per heavy atom. The third-order valence-corrected chi connectivity index (χ3v) is 4.51. The minimum Gasteiger partial charge on any atom is -0.497 e. The molecule has 1 atom stereocenters. The number of rotatable bonds is 4. The van der Waals surface area contributed by atoms with Crippen molar-refractivity contribution in [2.45, 2.75) is 12.6 Å². The molecule has 1 aliphatic rings. The zero-order valence-corrected chi connectivity index (χ0v) is 14.9. The lowest BCUT2D eigenvalue weighted by Gasteiger charge is -2.36. The van der Waals surface area contributed by atoms with Crippen molar-refractivity contribution in [3.8, 4) is 5.75 Å². The first-order valence-electron chi connectivity index (χ1n) is 7.43. The van der Waals surface area contributed by atoms with E-state index in [0.717, 1.165) is 48.3 Å². The van der Waals surface area contributed by atoms with Crippen molar-refractivity contribution >= 4 is 24.0 Å². The van der Waals surface area contributed by atoms with Crippen LogP contribution in [0.1, 0.15) is 17.4 Å². The van der Waals surface area contributed by atoms with Gasteiger partial charge in [0.05, 0.1) is 13.2 Å². The van der Waals surface area contributed by atoms with Gasteiger partial charge in [0, 0.05) is 50.6 Å². The molecule has 126 valence electrons. The number of hydrogen-bond donors (Lipinski definition) is 1. The van der Waals surface area contributed by atoms with Gasteiger partial charge in [-0.1, -0.05) is 11.6 Å². The van der Waals surface area contributed by atoms with Crippen LogP contribution in [0.15, 0.2) is 30.6 Å². The molecule has 2 aromatic rings. The van der Waals surface area contributed by atoms with E-state index >= 15 is 0 Å². The minimum absolute atomic E-state index is 0. The van der Waals surface area contributed by atoms with Crippen LogP contribution in [0.25, 0.3) is 0 Å². The Balaban J connectivity index is 0.00000192. The fraction of sp³-hybridized carbons (Fsp3) is 0.438. The maximum atomic E-state index is 6.36. The molecule has 1 saturated heterocycles. The van der Waals surface area contributed by atoms with Crippen LogP contribution in [0.4, 0.5) is 0 Å². The van der Waals surface area contributed by atoms with Gasteiger partial charge in [-0.05, 0) is 23.8 Å². The van der Waals surface area contributed by atoms with Gasteiger partial charge in [0.1, 0.15) is 11.6 Å². The molecular formula is C16H22Cl2N4O. The van der Waals surface area contributed by atoms with Gasteiger partial charge in [-0.3, -0.25) is 4.90 Å². The number of nitrogens with zero attached hydrogens (tertiary/aromatic N) is 3. The fourth-order valence-corrected chi connectivity index (χ4v) is 3.08. The number of imidazole rings is 1. The van der Waals surface area contributed by atoms with E-state index in [-0.39, 0.29) is 18.4 Å². The van der Waals surface area contributed by atoms with Gasteiger partial charge in [-0.25, -0.2) is 4.98 Å². The Morgan fingerprint density at radius 1 is 1.43 bits per heavy atom. The smallest absolute Gasteiger partial charge is 0.127 e. The molecule has 3 rings (SSSR count). The number of halogens is 2. The molecular weight excluding hydrogens is 335 g/mol. The predicted molar refractivity (Wildman–Crippen MR) is 94.5 cm³/mol. The van der Waals surface area contributed by atoms with Gasteiger partial charge < -0.3 is 14.6 Å². The molecule has 5 nitrogen and oxygen atoms in total. The number of nitrogens with one attached hydrogen (secondary N) is 1. The molecule has 1 aliphatic heterocycles. The molecule has 0 bridgehead atoms. The Labute approximate surface area is 148 Å². The lowest BCUT2D eigenvalue weighted by molar-refractivity contribution is 0.144.